The third-order valence-electron chi connectivity index (χ3n) is 4.95. The number of nitrogens with two attached hydrogens (primary N) is 1. The van der Waals surface area contributed by atoms with Gasteiger partial charge in [0.2, 0.25) is 5.89 Å². The van der Waals surface area contributed by atoms with Gasteiger partial charge in [-0.1, -0.05) is 42.2 Å². The van der Waals surface area contributed by atoms with Gasteiger partial charge in [-0.3, -0.25) is 0 Å². The van der Waals surface area contributed by atoms with E-state index in [0.29, 0.717) is 40.0 Å². The molecule has 0 radical (unpaired) electrons. The third-order valence-corrected chi connectivity index (χ3v) is 5.49. The molecule has 4 aromatic rings. The van der Waals surface area contributed by atoms with Crippen molar-refractivity contribution in [2.75, 3.05) is 5.73 Å². The second-order valence-corrected chi connectivity index (χ2v) is 8.29. The van der Waals surface area contributed by atoms with Crippen LogP contribution in [0.1, 0.15) is 42.5 Å². The van der Waals surface area contributed by atoms with Gasteiger partial charge in [-0.15, -0.1) is 0 Å². The van der Waals surface area contributed by atoms with Gasteiger partial charge in [0.15, 0.2) is 5.58 Å². The lowest BCUT2D eigenvalue weighted by molar-refractivity contribution is 0.445. The quantitative estimate of drug-likeness (QED) is 0.362. The molecule has 0 spiro atoms. The number of halogens is 2. The van der Waals surface area contributed by atoms with Gasteiger partial charge < -0.3 is 14.7 Å². The lowest BCUT2D eigenvalue weighted by atomic mass is 10.0. The molecular formula is C22H21Cl2N3O2. The fourth-order valence-electron chi connectivity index (χ4n) is 3.35. The summed E-state index contributed by atoms with van der Waals surface area (Å²) in [7, 11) is 0. The summed E-state index contributed by atoms with van der Waals surface area (Å²) in [6.07, 6.45) is 1.35. The SMILES string of the molecule is Cc1cc2c(CCc3nc(-c4ccc(Cl)cc4Cl)oc3C(C)C)noc2cc1N. The fourth-order valence-corrected chi connectivity index (χ4v) is 3.84. The highest BCUT2D eigenvalue weighted by atomic mass is 35.5. The van der Waals surface area contributed by atoms with Crippen molar-refractivity contribution in [1.82, 2.24) is 10.1 Å². The minimum atomic E-state index is 0.188. The molecule has 0 aliphatic carbocycles. The van der Waals surface area contributed by atoms with Crippen molar-refractivity contribution in [3.8, 4) is 11.5 Å². The number of nitrogen functional groups attached to an aromatic ring is 1. The molecule has 5 nitrogen and oxygen atoms in total. The Morgan fingerprint density at radius 1 is 1.07 bits per heavy atom. The first-order valence-electron chi connectivity index (χ1n) is 9.43. The van der Waals surface area contributed by atoms with Crippen LogP contribution in [0.5, 0.6) is 0 Å². The molecule has 7 heteroatoms. The minimum Gasteiger partial charge on any atom is -0.441 e. The first-order valence-corrected chi connectivity index (χ1v) is 10.2. The van der Waals surface area contributed by atoms with Gasteiger partial charge in [-0.25, -0.2) is 4.98 Å². The molecule has 2 heterocycles. The topological polar surface area (TPSA) is 78.1 Å². The number of aryl methyl sites for hydroxylation is 3. The van der Waals surface area contributed by atoms with E-state index in [1.165, 1.54) is 0 Å². The standard InChI is InChI=1S/C22H21Cl2N3O2/c1-11(2)21-19(26-22(28-21)14-5-4-13(23)9-16(14)24)7-6-18-15-8-12(3)17(25)10-20(15)29-27-18/h4-5,8-11H,6-7,25H2,1-3H3. The van der Waals surface area contributed by atoms with Gasteiger partial charge in [0, 0.05) is 28.1 Å². The minimum absolute atomic E-state index is 0.188. The molecule has 150 valence electrons. The van der Waals surface area contributed by atoms with Crippen molar-refractivity contribution in [1.29, 1.82) is 0 Å². The highest BCUT2D eigenvalue weighted by molar-refractivity contribution is 6.36. The van der Waals surface area contributed by atoms with Crippen LogP contribution < -0.4 is 5.73 Å². The molecule has 0 saturated heterocycles. The van der Waals surface area contributed by atoms with Gasteiger partial charge in [0.1, 0.15) is 5.76 Å². The molecular weight excluding hydrogens is 409 g/mol. The molecule has 4 rings (SSSR count). The first kappa shape index (κ1) is 19.8. The molecule has 2 aromatic heterocycles. The highest BCUT2D eigenvalue weighted by Crippen LogP contribution is 2.34. The smallest absolute Gasteiger partial charge is 0.228 e. The van der Waals surface area contributed by atoms with Gasteiger partial charge in [0.05, 0.1) is 22.0 Å². The number of hydrogen-bond donors (Lipinski definition) is 1. The van der Waals surface area contributed by atoms with Crippen molar-refractivity contribution in [2.45, 2.75) is 39.5 Å². The maximum Gasteiger partial charge on any atom is 0.228 e. The van der Waals surface area contributed by atoms with Crippen LogP contribution in [0.2, 0.25) is 10.0 Å². The molecule has 0 aliphatic rings. The van der Waals surface area contributed by atoms with Crippen LogP contribution in [0.25, 0.3) is 22.4 Å². The van der Waals surface area contributed by atoms with E-state index < -0.39 is 0 Å². The van der Waals surface area contributed by atoms with E-state index in [9.17, 15) is 0 Å². The first-order chi connectivity index (χ1) is 13.8. The Morgan fingerprint density at radius 2 is 1.83 bits per heavy atom. The zero-order valence-electron chi connectivity index (χ0n) is 16.4. The summed E-state index contributed by atoms with van der Waals surface area (Å²) in [4.78, 5) is 4.73. The lowest BCUT2D eigenvalue weighted by Gasteiger charge is -2.03. The predicted molar refractivity (Wildman–Crippen MR) is 117 cm³/mol. The van der Waals surface area contributed by atoms with Gasteiger partial charge >= 0.3 is 0 Å². The van der Waals surface area contributed by atoms with E-state index in [1.54, 1.807) is 12.1 Å². The maximum atomic E-state index is 6.34. The largest absolute Gasteiger partial charge is 0.441 e. The average molecular weight is 430 g/mol. The van der Waals surface area contributed by atoms with Crippen molar-refractivity contribution in [3.63, 3.8) is 0 Å². The summed E-state index contributed by atoms with van der Waals surface area (Å²) in [6.45, 7) is 6.13. The number of aromatic nitrogens is 2. The predicted octanol–water partition coefficient (Wildman–Crippen LogP) is 6.59. The lowest BCUT2D eigenvalue weighted by Crippen LogP contribution is -1.98. The van der Waals surface area contributed by atoms with Crippen molar-refractivity contribution >= 4 is 39.9 Å². The monoisotopic (exact) mass is 429 g/mol. The van der Waals surface area contributed by atoms with Crippen LogP contribution in [0, 0.1) is 6.92 Å². The highest BCUT2D eigenvalue weighted by Gasteiger charge is 2.20. The number of rotatable bonds is 5. The number of benzene rings is 2. The number of anilines is 1. The van der Waals surface area contributed by atoms with Crippen molar-refractivity contribution < 1.29 is 8.94 Å². The second-order valence-electron chi connectivity index (χ2n) is 7.44. The van der Waals surface area contributed by atoms with Crippen LogP contribution >= 0.6 is 23.2 Å². The van der Waals surface area contributed by atoms with Crippen LogP contribution in [0.3, 0.4) is 0 Å². The molecule has 0 unspecified atom stereocenters. The second kappa shape index (κ2) is 7.73. The van der Waals surface area contributed by atoms with Gasteiger partial charge in [-0.05, 0) is 49.6 Å². The Labute approximate surface area is 178 Å². The maximum absolute atomic E-state index is 6.34. The van der Waals surface area contributed by atoms with Crippen molar-refractivity contribution in [3.05, 3.63) is 63.1 Å². The van der Waals surface area contributed by atoms with Crippen LogP contribution in [0.15, 0.2) is 39.3 Å². The van der Waals surface area contributed by atoms with E-state index in [2.05, 4.69) is 19.0 Å². The van der Waals surface area contributed by atoms with E-state index in [-0.39, 0.29) is 5.92 Å². The molecule has 0 saturated carbocycles. The third kappa shape index (κ3) is 3.85. The van der Waals surface area contributed by atoms with E-state index >= 15 is 0 Å². The fraction of sp³-hybridized carbons (Fsp3) is 0.273. The summed E-state index contributed by atoms with van der Waals surface area (Å²) in [5.74, 6) is 1.53. The molecule has 2 aromatic carbocycles. The molecule has 2 N–H and O–H groups in total. The molecule has 0 amide bonds. The molecule has 0 fully saturated rings. The average Bonchev–Trinajstić information content (AvgIpc) is 3.25. The normalized spacial score (nSPS) is 11.7. The van der Waals surface area contributed by atoms with Crippen LogP contribution in [-0.2, 0) is 12.8 Å². The number of oxazole rings is 1. The molecule has 0 bridgehead atoms. The summed E-state index contributed by atoms with van der Waals surface area (Å²) in [5.41, 5.74) is 10.9. The molecule has 29 heavy (non-hydrogen) atoms. The zero-order chi connectivity index (χ0) is 20.7. The van der Waals surface area contributed by atoms with E-state index in [0.717, 1.165) is 33.7 Å². The van der Waals surface area contributed by atoms with E-state index in [1.807, 2.05) is 25.1 Å². The summed E-state index contributed by atoms with van der Waals surface area (Å²) < 4.78 is 11.5. The Morgan fingerprint density at radius 3 is 2.55 bits per heavy atom. The summed E-state index contributed by atoms with van der Waals surface area (Å²) in [5, 5.41) is 6.29. The van der Waals surface area contributed by atoms with Crippen LogP contribution in [-0.4, -0.2) is 10.1 Å². The molecule has 0 aliphatic heterocycles. The Bertz CT molecular complexity index is 1190. The number of hydrogen-bond acceptors (Lipinski definition) is 5. The summed E-state index contributed by atoms with van der Waals surface area (Å²) in [6, 6.07) is 9.12. The number of nitrogens with zero attached hydrogens (tertiary/aromatic N) is 2. The Balaban J connectivity index is 1.65. The number of fused-ring (bicyclic) bond motifs is 1. The Kier molecular flexibility index (Phi) is 5.28. The van der Waals surface area contributed by atoms with Crippen molar-refractivity contribution in [2.24, 2.45) is 0 Å². The Hall–Kier alpha value is -2.50. The van der Waals surface area contributed by atoms with E-state index in [4.69, 9.17) is 42.9 Å². The summed E-state index contributed by atoms with van der Waals surface area (Å²) >= 11 is 12.3. The van der Waals surface area contributed by atoms with Gasteiger partial charge in [-0.2, -0.15) is 0 Å². The zero-order valence-corrected chi connectivity index (χ0v) is 17.9. The molecule has 0 atom stereocenters. The van der Waals surface area contributed by atoms with Crippen LogP contribution in [0.4, 0.5) is 5.69 Å². The van der Waals surface area contributed by atoms with Gasteiger partial charge in [0.25, 0.3) is 0 Å².